The topological polar surface area (TPSA) is 64.3 Å². The van der Waals surface area contributed by atoms with Gasteiger partial charge in [-0.25, -0.2) is 4.39 Å². The van der Waals surface area contributed by atoms with Gasteiger partial charge >= 0.3 is 0 Å². The third-order valence-electron chi connectivity index (χ3n) is 3.78. The third-order valence-corrected chi connectivity index (χ3v) is 3.78. The zero-order chi connectivity index (χ0) is 16.5. The Morgan fingerprint density at radius 3 is 3.08 bits per heavy atom. The Balaban J connectivity index is 1.59. The van der Waals surface area contributed by atoms with Crippen molar-refractivity contribution in [2.45, 2.75) is 19.6 Å². The van der Waals surface area contributed by atoms with Crippen LogP contribution in [0.15, 0.2) is 47.2 Å². The molecule has 0 unspecified atom stereocenters. The van der Waals surface area contributed by atoms with Crippen LogP contribution in [0.4, 0.5) is 10.1 Å². The fourth-order valence-corrected chi connectivity index (χ4v) is 2.75. The Bertz CT molecular complexity index is 853. The first-order valence-corrected chi connectivity index (χ1v) is 7.63. The molecule has 0 amide bonds. The molecule has 1 aliphatic heterocycles. The number of ether oxygens (including phenoxy) is 1. The summed E-state index contributed by atoms with van der Waals surface area (Å²) in [5.74, 6) is 1.19. The number of halogens is 1. The molecular formula is C17H15FN4O2. The maximum atomic E-state index is 13.4. The molecule has 3 aromatic rings. The standard InChI is InChI=1S/C17H15FN4O2/c1-11-9-22(14-5-4-13(18)7-15(14)23-11)10-16-20-17(21-24-16)12-3-2-6-19-8-12/h2-8,11H,9-10H2,1H3/t11-/m1/s1. The molecule has 1 aromatic carbocycles. The zero-order valence-electron chi connectivity index (χ0n) is 13.0. The van der Waals surface area contributed by atoms with Gasteiger partial charge in [0.2, 0.25) is 11.7 Å². The maximum absolute atomic E-state index is 13.4. The van der Waals surface area contributed by atoms with Crippen molar-refractivity contribution in [1.29, 1.82) is 0 Å². The van der Waals surface area contributed by atoms with Gasteiger partial charge < -0.3 is 14.2 Å². The summed E-state index contributed by atoms with van der Waals surface area (Å²) in [5.41, 5.74) is 1.61. The number of fused-ring (bicyclic) bond motifs is 1. The highest BCUT2D eigenvalue weighted by Crippen LogP contribution is 2.34. The lowest BCUT2D eigenvalue weighted by atomic mass is 10.2. The van der Waals surface area contributed by atoms with Gasteiger partial charge in [-0.05, 0) is 31.2 Å². The smallest absolute Gasteiger partial charge is 0.246 e. The van der Waals surface area contributed by atoms with Gasteiger partial charge in [-0.3, -0.25) is 4.98 Å². The lowest BCUT2D eigenvalue weighted by molar-refractivity contribution is 0.209. The van der Waals surface area contributed by atoms with Crippen molar-refractivity contribution in [2.75, 3.05) is 11.4 Å². The summed E-state index contributed by atoms with van der Waals surface area (Å²) in [5, 5.41) is 4.00. The summed E-state index contributed by atoms with van der Waals surface area (Å²) in [6, 6.07) is 8.21. The average Bonchev–Trinajstić information content (AvgIpc) is 3.03. The van der Waals surface area contributed by atoms with Crippen LogP contribution < -0.4 is 9.64 Å². The predicted octanol–water partition coefficient (Wildman–Crippen LogP) is 3.06. The van der Waals surface area contributed by atoms with E-state index in [0.717, 1.165) is 11.3 Å². The van der Waals surface area contributed by atoms with Crippen LogP contribution in [-0.2, 0) is 6.54 Å². The molecule has 0 bridgehead atoms. The largest absolute Gasteiger partial charge is 0.487 e. The summed E-state index contributed by atoms with van der Waals surface area (Å²) in [7, 11) is 0. The van der Waals surface area contributed by atoms with Crippen molar-refractivity contribution in [2.24, 2.45) is 0 Å². The predicted molar refractivity (Wildman–Crippen MR) is 85.1 cm³/mol. The second-order valence-electron chi connectivity index (χ2n) is 5.67. The van der Waals surface area contributed by atoms with Crippen LogP contribution in [0.3, 0.4) is 0 Å². The van der Waals surface area contributed by atoms with Crippen molar-refractivity contribution in [3.05, 3.63) is 54.4 Å². The van der Waals surface area contributed by atoms with Crippen LogP contribution in [0.2, 0.25) is 0 Å². The van der Waals surface area contributed by atoms with Gasteiger partial charge in [0.1, 0.15) is 17.7 Å². The molecule has 4 rings (SSSR count). The highest BCUT2D eigenvalue weighted by molar-refractivity contribution is 5.60. The summed E-state index contributed by atoms with van der Waals surface area (Å²) in [4.78, 5) is 10.5. The van der Waals surface area contributed by atoms with E-state index in [0.29, 0.717) is 30.6 Å². The van der Waals surface area contributed by atoms with Gasteiger partial charge in [-0.2, -0.15) is 4.98 Å². The quantitative estimate of drug-likeness (QED) is 0.737. The fraction of sp³-hybridized carbons (Fsp3) is 0.235. The molecule has 2 aromatic heterocycles. The summed E-state index contributed by atoms with van der Waals surface area (Å²) in [6.07, 6.45) is 3.32. The van der Waals surface area contributed by atoms with E-state index in [9.17, 15) is 4.39 Å². The van der Waals surface area contributed by atoms with Gasteiger partial charge in [0.25, 0.3) is 0 Å². The first-order valence-electron chi connectivity index (χ1n) is 7.63. The van der Waals surface area contributed by atoms with Crippen molar-refractivity contribution < 1.29 is 13.7 Å². The number of nitrogens with zero attached hydrogens (tertiary/aromatic N) is 4. The van der Waals surface area contributed by atoms with Crippen LogP contribution in [0.5, 0.6) is 5.75 Å². The molecule has 0 fully saturated rings. The molecule has 24 heavy (non-hydrogen) atoms. The van der Waals surface area contributed by atoms with Gasteiger partial charge in [0.15, 0.2) is 0 Å². The van der Waals surface area contributed by atoms with E-state index in [1.54, 1.807) is 18.5 Å². The van der Waals surface area contributed by atoms with Crippen molar-refractivity contribution in [1.82, 2.24) is 15.1 Å². The van der Waals surface area contributed by atoms with E-state index in [1.165, 1.54) is 12.1 Å². The SMILES string of the molecule is C[C@@H]1CN(Cc2nc(-c3cccnc3)no2)c2ccc(F)cc2O1. The van der Waals surface area contributed by atoms with Crippen molar-refractivity contribution >= 4 is 5.69 Å². The van der Waals surface area contributed by atoms with E-state index in [1.807, 2.05) is 24.0 Å². The molecule has 7 heteroatoms. The van der Waals surface area contributed by atoms with Gasteiger partial charge in [0.05, 0.1) is 18.8 Å². The molecule has 0 N–H and O–H groups in total. The molecule has 0 saturated carbocycles. The minimum atomic E-state index is -0.320. The summed E-state index contributed by atoms with van der Waals surface area (Å²) < 4.78 is 24.5. The molecule has 0 saturated heterocycles. The third kappa shape index (κ3) is 2.80. The lowest BCUT2D eigenvalue weighted by Crippen LogP contribution is -2.38. The van der Waals surface area contributed by atoms with E-state index in [2.05, 4.69) is 15.1 Å². The van der Waals surface area contributed by atoms with Crippen LogP contribution in [0, 0.1) is 5.82 Å². The van der Waals surface area contributed by atoms with Crippen LogP contribution in [-0.4, -0.2) is 27.8 Å². The molecule has 6 nitrogen and oxygen atoms in total. The molecule has 1 atom stereocenters. The van der Waals surface area contributed by atoms with Crippen molar-refractivity contribution in [3.63, 3.8) is 0 Å². The van der Waals surface area contributed by atoms with Crippen LogP contribution in [0.1, 0.15) is 12.8 Å². The first-order chi connectivity index (χ1) is 11.7. The molecule has 122 valence electrons. The maximum Gasteiger partial charge on any atom is 0.246 e. The minimum absolute atomic E-state index is 0.0555. The number of rotatable bonds is 3. The number of benzene rings is 1. The monoisotopic (exact) mass is 326 g/mol. The summed E-state index contributed by atoms with van der Waals surface area (Å²) in [6.45, 7) is 3.03. The molecule has 3 heterocycles. The van der Waals surface area contributed by atoms with Gasteiger partial charge in [0, 0.05) is 24.0 Å². The van der Waals surface area contributed by atoms with E-state index >= 15 is 0 Å². The Morgan fingerprint density at radius 1 is 1.33 bits per heavy atom. The molecule has 1 aliphatic rings. The average molecular weight is 326 g/mol. The Morgan fingerprint density at radius 2 is 2.25 bits per heavy atom. The van der Waals surface area contributed by atoms with Gasteiger partial charge in [-0.15, -0.1) is 0 Å². The molecule has 0 spiro atoms. The Labute approximate surface area is 137 Å². The highest BCUT2D eigenvalue weighted by atomic mass is 19.1. The summed E-state index contributed by atoms with van der Waals surface area (Å²) >= 11 is 0. The van der Waals surface area contributed by atoms with Gasteiger partial charge in [-0.1, -0.05) is 5.16 Å². The number of pyridine rings is 1. The van der Waals surface area contributed by atoms with Crippen LogP contribution >= 0.6 is 0 Å². The first kappa shape index (κ1) is 14.6. The van der Waals surface area contributed by atoms with Crippen LogP contribution in [0.25, 0.3) is 11.4 Å². The number of anilines is 1. The Kier molecular flexibility index (Phi) is 3.60. The van der Waals surface area contributed by atoms with E-state index in [-0.39, 0.29) is 11.9 Å². The number of hydrogen-bond donors (Lipinski definition) is 0. The van der Waals surface area contributed by atoms with Crippen molar-refractivity contribution in [3.8, 4) is 17.1 Å². The minimum Gasteiger partial charge on any atom is -0.487 e. The molecule has 0 radical (unpaired) electrons. The number of hydrogen-bond acceptors (Lipinski definition) is 6. The second-order valence-corrected chi connectivity index (χ2v) is 5.67. The fourth-order valence-electron chi connectivity index (χ4n) is 2.75. The lowest BCUT2D eigenvalue weighted by Gasteiger charge is -2.34. The highest BCUT2D eigenvalue weighted by Gasteiger charge is 2.25. The molecule has 0 aliphatic carbocycles. The van der Waals surface area contributed by atoms with E-state index < -0.39 is 0 Å². The number of aromatic nitrogens is 3. The second kappa shape index (κ2) is 5.92. The zero-order valence-corrected chi connectivity index (χ0v) is 13.0. The Hall–Kier alpha value is -2.96. The van der Waals surface area contributed by atoms with E-state index in [4.69, 9.17) is 9.26 Å². The molecular weight excluding hydrogens is 311 g/mol. The normalized spacial score (nSPS) is 16.6.